The zero-order valence-electron chi connectivity index (χ0n) is 17.2. The summed E-state index contributed by atoms with van der Waals surface area (Å²) in [4.78, 5) is 42.3. The molecule has 3 heterocycles. The van der Waals surface area contributed by atoms with Crippen LogP contribution in [0.5, 0.6) is 0 Å². The molecule has 3 amide bonds. The number of anilines is 1. The van der Waals surface area contributed by atoms with Crippen LogP contribution in [0.4, 0.5) is 5.69 Å². The lowest BCUT2D eigenvalue weighted by Gasteiger charge is -2.27. The Morgan fingerprint density at radius 2 is 1.97 bits per heavy atom. The molecule has 0 spiro atoms. The molecule has 2 aliphatic rings. The second-order valence-corrected chi connectivity index (χ2v) is 8.98. The lowest BCUT2D eigenvalue weighted by molar-refractivity contribution is -0.127. The van der Waals surface area contributed by atoms with Crippen LogP contribution in [0.25, 0.3) is 0 Å². The fourth-order valence-electron chi connectivity index (χ4n) is 4.32. The van der Waals surface area contributed by atoms with Gasteiger partial charge in [0.2, 0.25) is 17.7 Å². The molecule has 4 rings (SSSR count). The van der Waals surface area contributed by atoms with Crippen molar-refractivity contribution < 1.29 is 14.4 Å². The van der Waals surface area contributed by atoms with E-state index in [0.717, 1.165) is 35.5 Å². The summed E-state index contributed by atoms with van der Waals surface area (Å²) in [6.07, 6.45) is 2.48. The number of nitrogens with one attached hydrogen (secondary N) is 1. The minimum absolute atomic E-state index is 0.0277. The highest BCUT2D eigenvalue weighted by molar-refractivity contribution is 7.10. The summed E-state index contributed by atoms with van der Waals surface area (Å²) in [5.41, 5.74) is 1.95. The molecule has 0 bridgehead atoms. The molecule has 1 N–H and O–H groups in total. The predicted molar refractivity (Wildman–Crippen MR) is 117 cm³/mol. The van der Waals surface area contributed by atoms with Crippen molar-refractivity contribution in [3.63, 3.8) is 0 Å². The smallest absolute Gasteiger partial charge is 0.228 e. The first-order valence-corrected chi connectivity index (χ1v) is 11.4. The molecule has 6 nitrogen and oxygen atoms in total. The van der Waals surface area contributed by atoms with Gasteiger partial charge in [0.25, 0.3) is 0 Å². The van der Waals surface area contributed by atoms with E-state index in [2.05, 4.69) is 5.32 Å². The molecule has 0 unspecified atom stereocenters. The number of amides is 3. The van der Waals surface area contributed by atoms with E-state index in [9.17, 15) is 14.4 Å². The van der Waals surface area contributed by atoms with Crippen LogP contribution in [0.2, 0.25) is 0 Å². The van der Waals surface area contributed by atoms with Gasteiger partial charge in [0.1, 0.15) is 0 Å². The minimum atomic E-state index is -0.425. The van der Waals surface area contributed by atoms with Gasteiger partial charge < -0.3 is 15.1 Å². The summed E-state index contributed by atoms with van der Waals surface area (Å²) in [7, 11) is 0. The van der Waals surface area contributed by atoms with E-state index in [1.165, 1.54) is 0 Å². The van der Waals surface area contributed by atoms with Gasteiger partial charge in [-0.15, -0.1) is 11.3 Å². The molecule has 2 fully saturated rings. The van der Waals surface area contributed by atoms with Gasteiger partial charge >= 0.3 is 0 Å². The molecular weight excluding hydrogens is 398 g/mol. The third-order valence-electron chi connectivity index (χ3n) is 5.88. The number of nitrogens with zero attached hydrogens (tertiary/aromatic N) is 2. The molecule has 158 valence electrons. The summed E-state index contributed by atoms with van der Waals surface area (Å²) in [5.74, 6) is -0.343. The number of carbonyl (C=O) groups is 3. The second kappa shape index (κ2) is 9.00. The van der Waals surface area contributed by atoms with Crippen LogP contribution in [0.3, 0.4) is 0 Å². The zero-order valence-corrected chi connectivity index (χ0v) is 18.0. The Kier molecular flexibility index (Phi) is 6.18. The Hall–Kier alpha value is -2.67. The summed E-state index contributed by atoms with van der Waals surface area (Å²) in [6, 6.07) is 11.5. The Morgan fingerprint density at radius 1 is 1.17 bits per heavy atom. The minimum Gasteiger partial charge on any atom is -0.356 e. The number of aryl methyl sites for hydroxylation is 1. The molecule has 7 heteroatoms. The van der Waals surface area contributed by atoms with Gasteiger partial charge in [-0.3, -0.25) is 14.4 Å². The van der Waals surface area contributed by atoms with Crippen molar-refractivity contribution in [3.05, 3.63) is 52.2 Å². The number of benzene rings is 1. The molecule has 2 aromatic rings. The summed E-state index contributed by atoms with van der Waals surface area (Å²) in [5, 5.41) is 4.99. The van der Waals surface area contributed by atoms with E-state index in [4.69, 9.17) is 0 Å². The quantitative estimate of drug-likeness (QED) is 0.692. The molecular formula is C23H27N3O3S. The van der Waals surface area contributed by atoms with Crippen LogP contribution in [0, 0.1) is 12.8 Å². The summed E-state index contributed by atoms with van der Waals surface area (Å²) >= 11 is 1.57. The highest BCUT2D eigenvalue weighted by Crippen LogP contribution is 2.43. The van der Waals surface area contributed by atoms with Gasteiger partial charge in [-0.2, -0.15) is 0 Å². The van der Waals surface area contributed by atoms with Gasteiger partial charge in [0, 0.05) is 43.0 Å². The fraction of sp³-hybridized carbons (Fsp3) is 0.435. The van der Waals surface area contributed by atoms with E-state index in [1.807, 2.05) is 53.6 Å². The summed E-state index contributed by atoms with van der Waals surface area (Å²) < 4.78 is 0. The topological polar surface area (TPSA) is 69.7 Å². The maximum absolute atomic E-state index is 13.0. The van der Waals surface area contributed by atoms with Crippen molar-refractivity contribution in [1.82, 2.24) is 10.2 Å². The van der Waals surface area contributed by atoms with E-state index in [1.54, 1.807) is 16.2 Å². The molecule has 1 aromatic carbocycles. The highest BCUT2D eigenvalue weighted by atomic mass is 32.1. The van der Waals surface area contributed by atoms with Crippen molar-refractivity contribution >= 4 is 34.7 Å². The molecule has 2 aliphatic heterocycles. The Balaban J connectivity index is 1.44. The maximum atomic E-state index is 13.0. The third-order valence-corrected chi connectivity index (χ3v) is 6.82. The Labute approximate surface area is 180 Å². The second-order valence-electron chi connectivity index (χ2n) is 8.00. The van der Waals surface area contributed by atoms with Crippen LogP contribution < -0.4 is 10.2 Å². The molecule has 1 aromatic heterocycles. The van der Waals surface area contributed by atoms with Crippen molar-refractivity contribution in [2.45, 2.75) is 38.6 Å². The molecule has 0 aliphatic carbocycles. The van der Waals surface area contributed by atoms with Crippen LogP contribution in [0.1, 0.15) is 42.2 Å². The molecule has 0 saturated carbocycles. The lowest BCUT2D eigenvalue weighted by Crippen LogP contribution is -2.37. The van der Waals surface area contributed by atoms with Gasteiger partial charge in [0.05, 0.1) is 12.0 Å². The van der Waals surface area contributed by atoms with E-state index in [-0.39, 0.29) is 30.2 Å². The number of rotatable bonds is 7. The Bertz CT molecular complexity index is 910. The average molecular weight is 426 g/mol. The van der Waals surface area contributed by atoms with Crippen LogP contribution in [-0.4, -0.2) is 42.3 Å². The first-order valence-electron chi connectivity index (χ1n) is 10.5. The van der Waals surface area contributed by atoms with Crippen molar-refractivity contribution in [2.24, 2.45) is 5.92 Å². The van der Waals surface area contributed by atoms with E-state index >= 15 is 0 Å². The molecule has 2 atom stereocenters. The van der Waals surface area contributed by atoms with Crippen molar-refractivity contribution in [3.8, 4) is 0 Å². The number of hydrogen-bond donors (Lipinski definition) is 1. The SMILES string of the molecule is Cc1ccc(N2C(=O)C[C@@H](C(=O)NCCCN3CCCC3=O)[C@@H]2c2cccs2)cc1. The summed E-state index contributed by atoms with van der Waals surface area (Å²) in [6.45, 7) is 4.01. The van der Waals surface area contributed by atoms with Crippen LogP contribution in [0.15, 0.2) is 41.8 Å². The molecule has 30 heavy (non-hydrogen) atoms. The highest BCUT2D eigenvalue weighted by Gasteiger charge is 2.45. The first kappa shape index (κ1) is 20.6. The largest absolute Gasteiger partial charge is 0.356 e. The zero-order chi connectivity index (χ0) is 21.1. The lowest BCUT2D eigenvalue weighted by atomic mass is 9.97. The third kappa shape index (κ3) is 4.26. The maximum Gasteiger partial charge on any atom is 0.228 e. The number of carbonyl (C=O) groups excluding carboxylic acids is 3. The van der Waals surface area contributed by atoms with Crippen molar-refractivity contribution in [1.29, 1.82) is 0 Å². The average Bonchev–Trinajstić information content (AvgIpc) is 3.46. The van der Waals surface area contributed by atoms with Gasteiger partial charge in [-0.1, -0.05) is 23.8 Å². The monoisotopic (exact) mass is 425 g/mol. The fourth-order valence-corrected chi connectivity index (χ4v) is 5.20. The number of likely N-dealkylation sites (tertiary alicyclic amines) is 1. The number of thiophene rings is 1. The predicted octanol–water partition coefficient (Wildman–Crippen LogP) is 3.28. The normalized spacial score (nSPS) is 21.5. The van der Waals surface area contributed by atoms with Crippen molar-refractivity contribution in [2.75, 3.05) is 24.5 Å². The van der Waals surface area contributed by atoms with Gasteiger partial charge in [0.15, 0.2) is 0 Å². The molecule has 0 radical (unpaired) electrons. The Morgan fingerprint density at radius 3 is 2.63 bits per heavy atom. The van der Waals surface area contributed by atoms with Gasteiger partial charge in [-0.05, 0) is 43.3 Å². The molecule has 2 saturated heterocycles. The van der Waals surface area contributed by atoms with E-state index < -0.39 is 5.92 Å². The number of hydrogen-bond acceptors (Lipinski definition) is 4. The van der Waals surface area contributed by atoms with Gasteiger partial charge in [-0.25, -0.2) is 0 Å². The van der Waals surface area contributed by atoms with Crippen LogP contribution >= 0.6 is 11.3 Å². The standard InChI is InChI=1S/C23H27N3O3S/c1-16-7-9-17(10-8-16)26-21(28)15-18(22(26)19-5-3-14-30-19)23(29)24-11-4-13-25-12-2-6-20(25)27/h3,5,7-10,14,18,22H,2,4,6,11-13,15H2,1H3,(H,24,29)/t18-,22-/m1/s1. The van der Waals surface area contributed by atoms with Crippen LogP contribution in [-0.2, 0) is 14.4 Å². The first-order chi connectivity index (χ1) is 14.5. The van der Waals surface area contributed by atoms with E-state index in [0.29, 0.717) is 19.5 Å².